The molecule has 3 heterocycles. The van der Waals surface area contributed by atoms with E-state index in [0.717, 1.165) is 25.7 Å². The minimum atomic E-state index is -0.568. The molecular formula is C22H23FN4O2. The molecule has 1 unspecified atom stereocenters. The fourth-order valence-electron chi connectivity index (χ4n) is 3.92. The van der Waals surface area contributed by atoms with Gasteiger partial charge in [-0.25, -0.2) is 9.37 Å². The minimum absolute atomic E-state index is 0.0530. The zero-order valence-corrected chi connectivity index (χ0v) is 16.3. The Morgan fingerprint density at radius 3 is 2.76 bits per heavy atom. The fraction of sp³-hybridized carbons (Fsp3) is 0.318. The average Bonchev–Trinajstić information content (AvgIpc) is 3.14. The van der Waals surface area contributed by atoms with Gasteiger partial charge in [0, 0.05) is 18.8 Å². The van der Waals surface area contributed by atoms with Crippen molar-refractivity contribution in [3.8, 4) is 0 Å². The fourth-order valence-corrected chi connectivity index (χ4v) is 3.92. The van der Waals surface area contributed by atoms with E-state index >= 15 is 0 Å². The van der Waals surface area contributed by atoms with Crippen molar-refractivity contribution in [2.45, 2.75) is 38.6 Å². The Morgan fingerprint density at radius 1 is 1.17 bits per heavy atom. The molecular weight excluding hydrogens is 371 g/mol. The van der Waals surface area contributed by atoms with Gasteiger partial charge in [0.25, 0.3) is 11.8 Å². The summed E-state index contributed by atoms with van der Waals surface area (Å²) in [6, 6.07) is 11.5. The van der Waals surface area contributed by atoms with Crippen LogP contribution in [0.1, 0.15) is 53.7 Å². The minimum Gasteiger partial charge on any atom is -0.334 e. The summed E-state index contributed by atoms with van der Waals surface area (Å²) in [4.78, 5) is 32.4. The van der Waals surface area contributed by atoms with Crippen LogP contribution in [-0.4, -0.2) is 38.7 Å². The summed E-state index contributed by atoms with van der Waals surface area (Å²) in [6.45, 7) is 2.77. The van der Waals surface area contributed by atoms with Crippen LogP contribution >= 0.6 is 0 Å². The van der Waals surface area contributed by atoms with Crippen molar-refractivity contribution in [1.29, 1.82) is 0 Å². The molecule has 4 rings (SSSR count). The Hall–Kier alpha value is -3.22. The van der Waals surface area contributed by atoms with Crippen LogP contribution in [0.3, 0.4) is 0 Å². The molecule has 150 valence electrons. The van der Waals surface area contributed by atoms with Gasteiger partial charge in [0.15, 0.2) is 5.69 Å². The third-order valence-corrected chi connectivity index (χ3v) is 5.44. The van der Waals surface area contributed by atoms with Crippen LogP contribution in [0.4, 0.5) is 10.1 Å². The van der Waals surface area contributed by atoms with Crippen molar-refractivity contribution < 1.29 is 14.0 Å². The van der Waals surface area contributed by atoms with Gasteiger partial charge in [-0.15, -0.1) is 0 Å². The lowest BCUT2D eigenvalue weighted by atomic mass is 9.99. The average molecular weight is 394 g/mol. The summed E-state index contributed by atoms with van der Waals surface area (Å²) in [5, 5.41) is 2.55. The maximum Gasteiger partial charge on any atom is 0.292 e. The van der Waals surface area contributed by atoms with Crippen LogP contribution in [0.5, 0.6) is 0 Å². The third kappa shape index (κ3) is 3.60. The summed E-state index contributed by atoms with van der Waals surface area (Å²) in [5.74, 6) is -1.21. The molecule has 1 aromatic carbocycles. The van der Waals surface area contributed by atoms with E-state index < -0.39 is 11.7 Å². The van der Waals surface area contributed by atoms with E-state index in [4.69, 9.17) is 0 Å². The number of halogens is 1. The molecule has 29 heavy (non-hydrogen) atoms. The molecule has 1 aliphatic heterocycles. The SMILES string of the molecule is CCC1CCCCN1C(=O)c1nc(C(=O)Nc2ccccc2F)n2ccccc12. The Bertz CT molecular complexity index is 1060. The van der Waals surface area contributed by atoms with Gasteiger partial charge in [0.05, 0.1) is 11.2 Å². The number of pyridine rings is 1. The molecule has 6 nitrogen and oxygen atoms in total. The summed E-state index contributed by atoms with van der Waals surface area (Å²) in [6.07, 6.45) is 5.63. The first kappa shape index (κ1) is 19.1. The number of amides is 2. The molecule has 0 bridgehead atoms. The number of hydrogen-bond donors (Lipinski definition) is 1. The molecule has 0 radical (unpaired) electrons. The standard InChI is InChI=1S/C22H23FN4O2/c1-2-15-9-5-7-13-26(15)22(29)19-18-12-6-8-14-27(18)20(25-19)21(28)24-17-11-4-3-10-16(17)23/h3-4,6,8,10-12,14-15H,2,5,7,9,13H2,1H3,(H,24,28). The lowest BCUT2D eigenvalue weighted by molar-refractivity contribution is 0.0604. The number of aromatic nitrogens is 2. The van der Waals surface area contributed by atoms with Gasteiger partial charge in [-0.1, -0.05) is 25.1 Å². The number of rotatable bonds is 4. The van der Waals surface area contributed by atoms with Crippen LogP contribution < -0.4 is 5.32 Å². The topological polar surface area (TPSA) is 66.7 Å². The number of fused-ring (bicyclic) bond motifs is 1. The highest BCUT2D eigenvalue weighted by molar-refractivity contribution is 6.06. The maximum atomic E-state index is 13.9. The van der Waals surface area contributed by atoms with Crippen molar-refractivity contribution in [2.75, 3.05) is 11.9 Å². The largest absolute Gasteiger partial charge is 0.334 e. The van der Waals surface area contributed by atoms with E-state index in [-0.39, 0.29) is 29.2 Å². The molecule has 1 atom stereocenters. The Morgan fingerprint density at radius 2 is 1.97 bits per heavy atom. The van der Waals surface area contributed by atoms with Gasteiger partial charge in [-0.3, -0.25) is 14.0 Å². The number of piperidine rings is 1. The molecule has 1 N–H and O–H groups in total. The van der Waals surface area contributed by atoms with E-state index in [1.165, 1.54) is 12.1 Å². The quantitative estimate of drug-likeness (QED) is 0.724. The Labute approximate surface area is 168 Å². The summed E-state index contributed by atoms with van der Waals surface area (Å²) >= 11 is 0. The second-order valence-electron chi connectivity index (χ2n) is 7.23. The van der Waals surface area contributed by atoms with Crippen LogP contribution in [0.25, 0.3) is 5.52 Å². The first-order valence-corrected chi connectivity index (χ1v) is 9.94. The number of nitrogens with one attached hydrogen (secondary N) is 1. The molecule has 2 amide bonds. The third-order valence-electron chi connectivity index (χ3n) is 5.44. The van der Waals surface area contributed by atoms with E-state index in [2.05, 4.69) is 17.2 Å². The summed E-state index contributed by atoms with van der Waals surface area (Å²) in [7, 11) is 0. The number of carbonyl (C=O) groups excluding carboxylic acids is 2. The van der Waals surface area contributed by atoms with E-state index in [1.807, 2.05) is 4.90 Å². The number of anilines is 1. The monoisotopic (exact) mass is 394 g/mol. The Kier molecular flexibility index (Phi) is 5.29. The zero-order valence-electron chi connectivity index (χ0n) is 16.3. The number of likely N-dealkylation sites (tertiary alicyclic amines) is 1. The maximum absolute atomic E-state index is 13.9. The molecule has 3 aromatic rings. The molecule has 0 aliphatic carbocycles. The van der Waals surface area contributed by atoms with Crippen molar-refractivity contribution >= 4 is 23.0 Å². The highest BCUT2D eigenvalue weighted by Gasteiger charge is 2.30. The lowest BCUT2D eigenvalue weighted by Crippen LogP contribution is -2.43. The molecule has 1 fully saturated rings. The second-order valence-corrected chi connectivity index (χ2v) is 7.23. The molecule has 1 aliphatic rings. The molecule has 0 spiro atoms. The van der Waals surface area contributed by atoms with Crippen LogP contribution in [0.15, 0.2) is 48.7 Å². The highest BCUT2D eigenvalue weighted by atomic mass is 19.1. The molecule has 7 heteroatoms. The van der Waals surface area contributed by atoms with Crippen LogP contribution in [-0.2, 0) is 0 Å². The molecule has 2 aromatic heterocycles. The van der Waals surface area contributed by atoms with Crippen LogP contribution in [0, 0.1) is 5.82 Å². The summed E-state index contributed by atoms with van der Waals surface area (Å²) < 4.78 is 15.5. The van der Waals surface area contributed by atoms with Gasteiger partial charge in [0.1, 0.15) is 5.82 Å². The molecule has 1 saturated heterocycles. The first-order valence-electron chi connectivity index (χ1n) is 9.94. The van der Waals surface area contributed by atoms with Crippen molar-refractivity contribution in [1.82, 2.24) is 14.3 Å². The highest BCUT2D eigenvalue weighted by Crippen LogP contribution is 2.24. The number of para-hydroxylation sites is 1. The van der Waals surface area contributed by atoms with E-state index in [9.17, 15) is 14.0 Å². The number of imidazole rings is 1. The van der Waals surface area contributed by atoms with Gasteiger partial charge in [-0.2, -0.15) is 0 Å². The van der Waals surface area contributed by atoms with Crippen LogP contribution in [0.2, 0.25) is 0 Å². The van der Waals surface area contributed by atoms with Crippen molar-refractivity contribution in [2.24, 2.45) is 0 Å². The predicted molar refractivity (Wildman–Crippen MR) is 109 cm³/mol. The number of carbonyl (C=O) groups is 2. The normalized spacial score (nSPS) is 16.8. The zero-order chi connectivity index (χ0) is 20.4. The smallest absolute Gasteiger partial charge is 0.292 e. The predicted octanol–water partition coefficient (Wildman–Crippen LogP) is 4.13. The van der Waals surface area contributed by atoms with E-state index in [1.54, 1.807) is 40.9 Å². The number of benzene rings is 1. The molecule has 0 saturated carbocycles. The van der Waals surface area contributed by atoms with Gasteiger partial charge in [0.2, 0.25) is 5.82 Å². The van der Waals surface area contributed by atoms with Crippen molar-refractivity contribution in [3.05, 3.63) is 66.0 Å². The van der Waals surface area contributed by atoms with Gasteiger partial charge in [-0.05, 0) is 49.9 Å². The lowest BCUT2D eigenvalue weighted by Gasteiger charge is -2.34. The van der Waals surface area contributed by atoms with Gasteiger partial charge >= 0.3 is 0 Å². The second kappa shape index (κ2) is 8.03. The van der Waals surface area contributed by atoms with Gasteiger partial charge < -0.3 is 10.2 Å². The number of hydrogen-bond acceptors (Lipinski definition) is 3. The van der Waals surface area contributed by atoms with Crippen molar-refractivity contribution in [3.63, 3.8) is 0 Å². The summed E-state index contributed by atoms with van der Waals surface area (Å²) in [5.41, 5.74) is 0.890. The first-order chi connectivity index (χ1) is 14.1. The Balaban J connectivity index is 1.71. The number of nitrogens with zero attached hydrogens (tertiary/aromatic N) is 3. The van der Waals surface area contributed by atoms with E-state index in [0.29, 0.717) is 12.1 Å².